The maximum atomic E-state index is 13.4. The Morgan fingerprint density at radius 1 is 1.18 bits per heavy atom. The third kappa shape index (κ3) is 4.11. The summed E-state index contributed by atoms with van der Waals surface area (Å²) in [6.07, 6.45) is -0.223. The van der Waals surface area contributed by atoms with Gasteiger partial charge in [-0.25, -0.2) is 4.98 Å². The fraction of sp³-hybridized carbons (Fsp3) is 0.304. The van der Waals surface area contributed by atoms with E-state index in [0.29, 0.717) is 21.7 Å². The third-order valence-electron chi connectivity index (χ3n) is 6.20. The van der Waals surface area contributed by atoms with Crippen LogP contribution in [0.25, 0.3) is 10.9 Å². The first-order valence-corrected chi connectivity index (χ1v) is 11.2. The topological polar surface area (TPSA) is 139 Å². The fourth-order valence-electron chi connectivity index (χ4n) is 4.41. The maximum Gasteiger partial charge on any atom is 0.268 e. The van der Waals surface area contributed by atoms with Crippen molar-refractivity contribution in [3.8, 4) is 0 Å². The van der Waals surface area contributed by atoms with Crippen LogP contribution in [0.3, 0.4) is 0 Å². The number of likely N-dealkylation sites (tertiary alicyclic amines) is 1. The minimum Gasteiger partial charge on any atom is -0.388 e. The minimum absolute atomic E-state index is 0.00307. The molecule has 11 heteroatoms. The molecule has 0 aliphatic carbocycles. The molecule has 0 bridgehead atoms. The van der Waals surface area contributed by atoms with Gasteiger partial charge < -0.3 is 30.3 Å². The molecule has 1 aromatic carbocycles. The summed E-state index contributed by atoms with van der Waals surface area (Å²) >= 11 is 5.92. The number of pyridine rings is 1. The van der Waals surface area contributed by atoms with Crippen LogP contribution in [0.2, 0.25) is 5.15 Å². The number of hydrogen-bond donors (Lipinski definition) is 4. The molecule has 1 saturated heterocycles. The van der Waals surface area contributed by atoms with Gasteiger partial charge in [-0.1, -0.05) is 29.8 Å². The molecule has 3 aromatic rings. The molecule has 4 heterocycles. The van der Waals surface area contributed by atoms with Gasteiger partial charge in [0, 0.05) is 30.6 Å². The molecular weight excluding hydrogens is 462 g/mol. The van der Waals surface area contributed by atoms with Gasteiger partial charge in [0.25, 0.3) is 5.91 Å². The monoisotopic (exact) mass is 483 g/mol. The van der Waals surface area contributed by atoms with E-state index in [2.05, 4.69) is 15.3 Å². The summed E-state index contributed by atoms with van der Waals surface area (Å²) in [7, 11) is 0. The largest absolute Gasteiger partial charge is 0.388 e. The van der Waals surface area contributed by atoms with Crippen LogP contribution in [-0.4, -0.2) is 80.7 Å². The number of aliphatic hydroxyl groups excluding tert-OH is 2. The van der Waals surface area contributed by atoms with Crippen molar-refractivity contribution in [2.24, 2.45) is 0 Å². The molecule has 0 saturated carbocycles. The van der Waals surface area contributed by atoms with Crippen molar-refractivity contribution in [3.05, 3.63) is 59.0 Å². The summed E-state index contributed by atoms with van der Waals surface area (Å²) in [6, 6.07) is 9.58. The molecule has 34 heavy (non-hydrogen) atoms. The molecule has 3 amide bonds. The van der Waals surface area contributed by atoms with Crippen LogP contribution in [0.4, 0.5) is 5.69 Å². The van der Waals surface area contributed by atoms with Gasteiger partial charge in [0.1, 0.15) is 23.4 Å². The Morgan fingerprint density at radius 2 is 1.91 bits per heavy atom. The third-order valence-corrected chi connectivity index (χ3v) is 6.40. The molecule has 4 N–H and O–H groups in total. The van der Waals surface area contributed by atoms with Crippen molar-refractivity contribution in [3.63, 3.8) is 0 Å². The number of nitrogens with zero attached hydrogens (tertiary/aromatic N) is 3. The van der Waals surface area contributed by atoms with Crippen LogP contribution < -0.4 is 10.2 Å². The van der Waals surface area contributed by atoms with E-state index in [1.807, 2.05) is 12.1 Å². The van der Waals surface area contributed by atoms with E-state index in [4.69, 9.17) is 11.6 Å². The molecule has 3 unspecified atom stereocenters. The van der Waals surface area contributed by atoms with E-state index in [9.17, 15) is 24.6 Å². The first-order valence-electron chi connectivity index (χ1n) is 10.8. The lowest BCUT2D eigenvalue weighted by Gasteiger charge is -2.34. The normalized spacial score (nSPS) is 22.2. The number of carbonyl (C=O) groups is 3. The first kappa shape index (κ1) is 22.3. The number of β-amino-alcohol motifs (C(OH)–C–C–N with tert-alkyl or cyclic N) is 2. The van der Waals surface area contributed by atoms with Crippen LogP contribution >= 0.6 is 11.6 Å². The van der Waals surface area contributed by atoms with Crippen molar-refractivity contribution in [1.82, 2.24) is 20.2 Å². The Kier molecular flexibility index (Phi) is 5.72. The summed E-state index contributed by atoms with van der Waals surface area (Å²) in [5, 5.41) is 23.3. The lowest BCUT2D eigenvalue weighted by molar-refractivity contribution is -0.131. The summed E-state index contributed by atoms with van der Waals surface area (Å²) < 4.78 is 0. The van der Waals surface area contributed by atoms with E-state index in [-0.39, 0.29) is 31.7 Å². The predicted octanol–water partition coefficient (Wildman–Crippen LogP) is 0.468. The Balaban J connectivity index is 1.36. The Hall–Kier alpha value is -3.47. The van der Waals surface area contributed by atoms with Gasteiger partial charge in [-0.05, 0) is 23.8 Å². The highest BCUT2D eigenvalue weighted by molar-refractivity contribution is 6.30. The van der Waals surface area contributed by atoms with Crippen molar-refractivity contribution < 1.29 is 24.6 Å². The van der Waals surface area contributed by atoms with Crippen LogP contribution in [0.1, 0.15) is 16.1 Å². The predicted molar refractivity (Wildman–Crippen MR) is 123 cm³/mol. The van der Waals surface area contributed by atoms with Gasteiger partial charge in [-0.15, -0.1) is 0 Å². The molecule has 0 radical (unpaired) electrons. The Bertz CT molecular complexity index is 1280. The Labute approximate surface area is 199 Å². The number of aromatic nitrogens is 2. The lowest BCUT2D eigenvalue weighted by Crippen LogP contribution is -2.55. The first-order chi connectivity index (χ1) is 16.3. The van der Waals surface area contributed by atoms with Crippen molar-refractivity contribution in [2.75, 3.05) is 24.5 Å². The second kappa shape index (κ2) is 8.71. The van der Waals surface area contributed by atoms with Crippen molar-refractivity contribution in [1.29, 1.82) is 0 Å². The molecule has 10 nitrogen and oxygen atoms in total. The zero-order valence-corrected chi connectivity index (χ0v) is 18.7. The number of anilines is 1. The molecule has 3 atom stereocenters. The zero-order chi connectivity index (χ0) is 24.0. The van der Waals surface area contributed by atoms with E-state index in [1.54, 1.807) is 24.3 Å². The average Bonchev–Trinajstić information content (AvgIpc) is 3.39. The van der Waals surface area contributed by atoms with Gasteiger partial charge in [-0.2, -0.15) is 0 Å². The van der Waals surface area contributed by atoms with Crippen LogP contribution in [0.15, 0.2) is 42.6 Å². The highest BCUT2D eigenvalue weighted by Gasteiger charge is 2.38. The van der Waals surface area contributed by atoms with Gasteiger partial charge in [-0.3, -0.25) is 14.4 Å². The second-order valence-corrected chi connectivity index (χ2v) is 8.88. The number of hydrogen-bond acceptors (Lipinski definition) is 6. The molecule has 2 aromatic heterocycles. The molecule has 2 aliphatic heterocycles. The molecule has 1 fully saturated rings. The summed E-state index contributed by atoms with van der Waals surface area (Å²) in [5.41, 5.74) is 2.30. The molecule has 176 valence electrons. The molecule has 2 aliphatic rings. The summed E-state index contributed by atoms with van der Waals surface area (Å²) in [6.45, 7) is -0.260. The summed E-state index contributed by atoms with van der Waals surface area (Å²) in [5.74, 6) is -1.28. The quantitative estimate of drug-likeness (QED) is 0.398. The number of rotatable bonds is 4. The van der Waals surface area contributed by atoms with Crippen LogP contribution in [0.5, 0.6) is 0 Å². The van der Waals surface area contributed by atoms with E-state index < -0.39 is 36.0 Å². The number of H-pyrrole nitrogens is 1. The molecule has 5 rings (SSSR count). The maximum absolute atomic E-state index is 13.4. The zero-order valence-electron chi connectivity index (χ0n) is 17.9. The number of halogens is 1. The molecule has 0 spiro atoms. The SMILES string of the molecule is O=C(NC1Cc2ccccc2N(CC(=O)N2CC(O)C(O)C2)C1=O)c1cc2cc(Cl)ncc2[nH]1. The second-order valence-electron chi connectivity index (χ2n) is 8.49. The number of aliphatic hydroxyl groups is 2. The van der Waals surface area contributed by atoms with Crippen LogP contribution in [0, 0.1) is 0 Å². The van der Waals surface area contributed by atoms with Gasteiger partial charge >= 0.3 is 0 Å². The number of nitrogens with one attached hydrogen (secondary N) is 2. The summed E-state index contributed by atoms with van der Waals surface area (Å²) in [4.78, 5) is 48.8. The van der Waals surface area contributed by atoms with E-state index in [0.717, 1.165) is 5.56 Å². The van der Waals surface area contributed by atoms with Gasteiger partial charge in [0.05, 0.1) is 23.9 Å². The van der Waals surface area contributed by atoms with E-state index >= 15 is 0 Å². The number of carbonyl (C=O) groups excluding carboxylic acids is 3. The number of para-hydroxylation sites is 1. The van der Waals surface area contributed by atoms with Gasteiger partial charge in [0.15, 0.2) is 0 Å². The smallest absolute Gasteiger partial charge is 0.268 e. The van der Waals surface area contributed by atoms with Crippen LogP contribution in [-0.2, 0) is 16.0 Å². The number of fused-ring (bicyclic) bond motifs is 2. The number of benzene rings is 1. The fourth-order valence-corrected chi connectivity index (χ4v) is 4.57. The lowest BCUT2D eigenvalue weighted by atomic mass is 9.96. The average molecular weight is 484 g/mol. The molecular formula is C23H22ClN5O5. The van der Waals surface area contributed by atoms with Crippen molar-refractivity contribution >= 4 is 45.9 Å². The highest BCUT2D eigenvalue weighted by Crippen LogP contribution is 2.28. The standard InChI is InChI=1S/C23H22ClN5O5/c24-20-7-13-6-14(26-16(13)8-25-20)22(33)27-15-5-12-3-1-2-4-17(12)29(23(15)34)11-21(32)28-9-18(30)19(31)10-28/h1-4,6-8,15,18-19,26,30-31H,5,9-11H2,(H,27,33). The van der Waals surface area contributed by atoms with Gasteiger partial charge in [0.2, 0.25) is 11.8 Å². The van der Waals surface area contributed by atoms with E-state index in [1.165, 1.54) is 16.0 Å². The number of amides is 3. The Morgan fingerprint density at radius 3 is 2.68 bits per heavy atom. The number of aromatic amines is 1. The highest BCUT2D eigenvalue weighted by atomic mass is 35.5. The minimum atomic E-state index is -1.01. The van der Waals surface area contributed by atoms with Crippen molar-refractivity contribution in [2.45, 2.75) is 24.7 Å².